The van der Waals surface area contributed by atoms with Crippen molar-refractivity contribution in [1.82, 2.24) is 0 Å². The Bertz CT molecular complexity index is 451. The van der Waals surface area contributed by atoms with Gasteiger partial charge in [-0.25, -0.2) is 0 Å². The summed E-state index contributed by atoms with van der Waals surface area (Å²) in [7, 11) is 0. The molecule has 1 aromatic carbocycles. The predicted molar refractivity (Wildman–Crippen MR) is 69.8 cm³/mol. The number of aliphatic carboxylic acids is 1. The number of benzene rings is 1. The lowest BCUT2D eigenvalue weighted by molar-refractivity contribution is -0.141. The van der Waals surface area contributed by atoms with E-state index in [4.69, 9.17) is 0 Å². The summed E-state index contributed by atoms with van der Waals surface area (Å²) in [4.78, 5) is 13.2. The minimum absolute atomic E-state index is 0.401. The van der Waals surface area contributed by atoms with Gasteiger partial charge in [0.25, 0.3) is 0 Å². The second-order valence-corrected chi connectivity index (χ2v) is 5.56. The smallest absolute Gasteiger partial charge is 0.308 e. The maximum Gasteiger partial charge on any atom is 0.308 e. The molecule has 0 bridgehead atoms. The Morgan fingerprint density at radius 2 is 2.11 bits per heavy atom. The van der Waals surface area contributed by atoms with E-state index in [1.165, 1.54) is 0 Å². The van der Waals surface area contributed by atoms with Crippen LogP contribution in [0.1, 0.15) is 19.4 Å². The zero-order valence-corrected chi connectivity index (χ0v) is 10.8. The van der Waals surface area contributed by atoms with Crippen LogP contribution < -0.4 is 4.90 Å². The highest BCUT2D eigenvalue weighted by Crippen LogP contribution is 2.30. The van der Waals surface area contributed by atoms with Crippen LogP contribution in [0.4, 0.5) is 5.69 Å². The number of nitrogens with zero attached hydrogens (tertiary/aromatic N) is 1. The summed E-state index contributed by atoms with van der Waals surface area (Å²) < 4.78 is 0. The van der Waals surface area contributed by atoms with Gasteiger partial charge < -0.3 is 15.1 Å². The summed E-state index contributed by atoms with van der Waals surface area (Å²) in [5.41, 5.74) is 1.24. The van der Waals surface area contributed by atoms with E-state index in [0.29, 0.717) is 19.5 Å². The first-order valence-corrected chi connectivity index (χ1v) is 6.15. The van der Waals surface area contributed by atoms with E-state index in [0.717, 1.165) is 11.3 Å². The topological polar surface area (TPSA) is 60.8 Å². The van der Waals surface area contributed by atoms with E-state index in [1.54, 1.807) is 13.8 Å². The SMILES string of the molecule is CC(C)(O)CN1CC(C(=O)O)Cc2ccccc21. The Hall–Kier alpha value is -1.55. The highest BCUT2D eigenvalue weighted by Gasteiger charge is 2.31. The van der Waals surface area contributed by atoms with Gasteiger partial charge in [-0.3, -0.25) is 4.79 Å². The fourth-order valence-corrected chi connectivity index (χ4v) is 2.47. The molecular formula is C14H19NO3. The highest BCUT2D eigenvalue weighted by molar-refractivity contribution is 5.74. The molecule has 1 aliphatic heterocycles. The molecule has 0 radical (unpaired) electrons. The predicted octanol–water partition coefficient (Wildman–Crippen LogP) is 1.52. The summed E-state index contributed by atoms with van der Waals surface area (Å²) in [6.45, 7) is 4.37. The molecular weight excluding hydrogens is 230 g/mol. The second-order valence-electron chi connectivity index (χ2n) is 5.56. The van der Waals surface area contributed by atoms with Crippen LogP contribution in [0.2, 0.25) is 0 Å². The normalized spacial score (nSPS) is 19.5. The van der Waals surface area contributed by atoms with Crippen LogP contribution in [0.5, 0.6) is 0 Å². The van der Waals surface area contributed by atoms with Gasteiger partial charge in [-0.1, -0.05) is 18.2 Å². The molecule has 0 saturated heterocycles. The lowest BCUT2D eigenvalue weighted by Gasteiger charge is -2.37. The van der Waals surface area contributed by atoms with Crippen LogP contribution in [0, 0.1) is 5.92 Å². The molecule has 2 rings (SSSR count). The molecule has 18 heavy (non-hydrogen) atoms. The number of fused-ring (bicyclic) bond motifs is 1. The third-order valence-electron chi connectivity index (χ3n) is 3.17. The standard InChI is InChI=1S/C14H19NO3/c1-14(2,18)9-15-8-11(13(16)17)7-10-5-3-4-6-12(10)15/h3-6,11,18H,7-9H2,1-2H3,(H,16,17). The molecule has 0 spiro atoms. The lowest BCUT2D eigenvalue weighted by atomic mass is 9.91. The van der Waals surface area contributed by atoms with Crippen LogP contribution in [-0.4, -0.2) is 34.9 Å². The van der Waals surface area contributed by atoms with Gasteiger partial charge >= 0.3 is 5.97 Å². The molecule has 0 fully saturated rings. The van der Waals surface area contributed by atoms with Gasteiger partial charge in [0.2, 0.25) is 0 Å². The van der Waals surface area contributed by atoms with Crippen molar-refractivity contribution < 1.29 is 15.0 Å². The Labute approximate surface area is 107 Å². The van der Waals surface area contributed by atoms with Crippen LogP contribution in [-0.2, 0) is 11.2 Å². The number of carboxylic acids is 1. The Balaban J connectivity index is 2.30. The van der Waals surface area contributed by atoms with Crippen LogP contribution in [0.3, 0.4) is 0 Å². The molecule has 4 heteroatoms. The fourth-order valence-electron chi connectivity index (χ4n) is 2.47. The van der Waals surface area contributed by atoms with Crippen LogP contribution in [0.15, 0.2) is 24.3 Å². The van der Waals surface area contributed by atoms with Crippen molar-refractivity contribution in [2.75, 3.05) is 18.0 Å². The van der Waals surface area contributed by atoms with Gasteiger partial charge in [-0.05, 0) is 31.9 Å². The zero-order valence-electron chi connectivity index (χ0n) is 10.8. The molecule has 1 aliphatic rings. The van der Waals surface area contributed by atoms with Crippen molar-refractivity contribution in [2.24, 2.45) is 5.92 Å². The lowest BCUT2D eigenvalue weighted by Crippen LogP contribution is -2.45. The number of rotatable bonds is 3. The van der Waals surface area contributed by atoms with Gasteiger partial charge in [0, 0.05) is 18.8 Å². The number of hydrogen-bond donors (Lipinski definition) is 2. The number of carbonyl (C=O) groups is 1. The largest absolute Gasteiger partial charge is 0.481 e. The number of aliphatic hydroxyl groups is 1. The average molecular weight is 249 g/mol. The van der Waals surface area contributed by atoms with E-state index < -0.39 is 17.5 Å². The van der Waals surface area contributed by atoms with E-state index >= 15 is 0 Å². The van der Waals surface area contributed by atoms with E-state index in [2.05, 4.69) is 0 Å². The van der Waals surface area contributed by atoms with Crippen molar-refractivity contribution in [3.8, 4) is 0 Å². The summed E-state index contributed by atoms with van der Waals surface area (Å²) >= 11 is 0. The molecule has 0 saturated carbocycles. The minimum atomic E-state index is -0.840. The maximum atomic E-state index is 11.2. The summed E-state index contributed by atoms with van der Waals surface area (Å²) in [6.07, 6.45) is 0.563. The third kappa shape index (κ3) is 2.82. The minimum Gasteiger partial charge on any atom is -0.481 e. The molecule has 1 atom stereocenters. The average Bonchev–Trinajstić information content (AvgIpc) is 2.26. The van der Waals surface area contributed by atoms with Crippen molar-refractivity contribution in [3.63, 3.8) is 0 Å². The van der Waals surface area contributed by atoms with E-state index in [-0.39, 0.29) is 0 Å². The molecule has 1 unspecified atom stereocenters. The number of carboxylic acid groups (broad SMARTS) is 1. The number of anilines is 1. The molecule has 0 aromatic heterocycles. The second kappa shape index (κ2) is 4.61. The Morgan fingerprint density at radius 1 is 1.44 bits per heavy atom. The van der Waals surface area contributed by atoms with E-state index in [1.807, 2.05) is 29.2 Å². The van der Waals surface area contributed by atoms with Gasteiger partial charge in [-0.2, -0.15) is 0 Å². The zero-order chi connectivity index (χ0) is 13.3. The molecule has 1 aromatic rings. The van der Waals surface area contributed by atoms with Crippen molar-refractivity contribution in [1.29, 1.82) is 0 Å². The Morgan fingerprint density at radius 3 is 2.72 bits per heavy atom. The molecule has 1 heterocycles. The summed E-state index contributed by atoms with van der Waals surface area (Å²) in [5.74, 6) is -1.17. The van der Waals surface area contributed by atoms with Gasteiger partial charge in [0.1, 0.15) is 0 Å². The van der Waals surface area contributed by atoms with Crippen LogP contribution >= 0.6 is 0 Å². The van der Waals surface area contributed by atoms with Crippen molar-refractivity contribution in [2.45, 2.75) is 25.9 Å². The van der Waals surface area contributed by atoms with Crippen LogP contribution in [0.25, 0.3) is 0 Å². The quantitative estimate of drug-likeness (QED) is 0.852. The summed E-state index contributed by atoms with van der Waals surface area (Å²) in [6, 6.07) is 7.81. The monoisotopic (exact) mass is 249 g/mol. The first-order valence-electron chi connectivity index (χ1n) is 6.15. The fraction of sp³-hybridized carbons (Fsp3) is 0.500. The number of β-amino-alcohol motifs (C(OH)–C–C–N with tert-alkyl or cyclic N) is 1. The van der Waals surface area contributed by atoms with Crippen molar-refractivity contribution >= 4 is 11.7 Å². The van der Waals surface area contributed by atoms with E-state index in [9.17, 15) is 15.0 Å². The first-order chi connectivity index (χ1) is 8.37. The van der Waals surface area contributed by atoms with Gasteiger partial charge in [0.15, 0.2) is 0 Å². The molecule has 0 aliphatic carbocycles. The number of hydrogen-bond acceptors (Lipinski definition) is 3. The number of para-hydroxylation sites is 1. The van der Waals surface area contributed by atoms with Gasteiger partial charge in [0.05, 0.1) is 11.5 Å². The molecule has 98 valence electrons. The maximum absolute atomic E-state index is 11.2. The molecule has 2 N–H and O–H groups in total. The highest BCUT2D eigenvalue weighted by atomic mass is 16.4. The first kappa shape index (κ1) is 12.9. The molecule has 0 amide bonds. The van der Waals surface area contributed by atoms with Gasteiger partial charge in [-0.15, -0.1) is 0 Å². The van der Waals surface area contributed by atoms with Crippen molar-refractivity contribution in [3.05, 3.63) is 29.8 Å². The summed E-state index contributed by atoms with van der Waals surface area (Å²) in [5, 5.41) is 19.1. The third-order valence-corrected chi connectivity index (χ3v) is 3.17. The Kier molecular flexibility index (Phi) is 3.30. The molecule has 4 nitrogen and oxygen atoms in total.